The largest absolute Gasteiger partial charge is 0.468 e. The standard InChI is InChI=1S/C8H11ClO/c1-3-7-4-8(6(2)9)10-5-7/h4-6H,3H2,1-2H3. The summed E-state index contributed by atoms with van der Waals surface area (Å²) in [5, 5.41) is -0.0136. The van der Waals surface area contributed by atoms with Gasteiger partial charge in [-0.25, -0.2) is 0 Å². The van der Waals surface area contributed by atoms with Crippen LogP contribution in [0.25, 0.3) is 0 Å². The summed E-state index contributed by atoms with van der Waals surface area (Å²) < 4.78 is 5.18. The first kappa shape index (κ1) is 7.67. The Morgan fingerprint density at radius 2 is 2.40 bits per heavy atom. The van der Waals surface area contributed by atoms with E-state index < -0.39 is 0 Å². The fourth-order valence-electron chi connectivity index (χ4n) is 0.788. The quantitative estimate of drug-likeness (QED) is 0.603. The van der Waals surface area contributed by atoms with Crippen molar-refractivity contribution < 1.29 is 4.42 Å². The Labute approximate surface area is 66.0 Å². The molecule has 0 saturated heterocycles. The van der Waals surface area contributed by atoms with E-state index in [9.17, 15) is 0 Å². The Morgan fingerprint density at radius 3 is 2.70 bits per heavy atom. The van der Waals surface area contributed by atoms with Gasteiger partial charge in [0.15, 0.2) is 0 Å². The molecule has 0 fully saturated rings. The lowest BCUT2D eigenvalue weighted by Crippen LogP contribution is -1.77. The van der Waals surface area contributed by atoms with Crippen LogP contribution in [-0.2, 0) is 6.42 Å². The second kappa shape index (κ2) is 3.11. The molecule has 10 heavy (non-hydrogen) atoms. The predicted molar refractivity (Wildman–Crippen MR) is 42.4 cm³/mol. The lowest BCUT2D eigenvalue weighted by atomic mass is 10.2. The summed E-state index contributed by atoms with van der Waals surface area (Å²) in [7, 11) is 0. The van der Waals surface area contributed by atoms with Crippen molar-refractivity contribution >= 4 is 11.6 Å². The van der Waals surface area contributed by atoms with Gasteiger partial charge in [-0.05, 0) is 25.0 Å². The average Bonchev–Trinajstić information content (AvgIpc) is 2.34. The van der Waals surface area contributed by atoms with E-state index in [1.807, 2.05) is 13.0 Å². The van der Waals surface area contributed by atoms with Gasteiger partial charge >= 0.3 is 0 Å². The molecule has 1 aromatic rings. The van der Waals surface area contributed by atoms with Gasteiger partial charge < -0.3 is 4.42 Å². The molecule has 56 valence electrons. The van der Waals surface area contributed by atoms with Crippen LogP contribution in [-0.4, -0.2) is 0 Å². The van der Waals surface area contributed by atoms with E-state index in [1.54, 1.807) is 6.26 Å². The van der Waals surface area contributed by atoms with Crippen molar-refractivity contribution in [2.24, 2.45) is 0 Å². The SMILES string of the molecule is CCc1coc(C(C)Cl)c1. The van der Waals surface area contributed by atoms with E-state index in [-0.39, 0.29) is 5.38 Å². The molecule has 0 saturated carbocycles. The van der Waals surface area contributed by atoms with Gasteiger partial charge in [0.05, 0.1) is 11.6 Å². The molecule has 1 rings (SSSR count). The fourth-order valence-corrected chi connectivity index (χ4v) is 0.903. The van der Waals surface area contributed by atoms with Gasteiger partial charge in [0.2, 0.25) is 0 Å². The molecule has 0 aliphatic rings. The molecule has 1 aromatic heterocycles. The van der Waals surface area contributed by atoms with Crippen LogP contribution in [0.4, 0.5) is 0 Å². The van der Waals surface area contributed by atoms with E-state index in [0.717, 1.165) is 12.2 Å². The molecule has 1 heterocycles. The number of hydrogen-bond donors (Lipinski definition) is 0. The lowest BCUT2D eigenvalue weighted by Gasteiger charge is -1.92. The summed E-state index contributed by atoms with van der Waals surface area (Å²) in [5.41, 5.74) is 1.21. The molecule has 0 radical (unpaired) electrons. The van der Waals surface area contributed by atoms with Crippen molar-refractivity contribution in [2.75, 3.05) is 0 Å². The Bertz CT molecular complexity index is 203. The van der Waals surface area contributed by atoms with Crippen LogP contribution >= 0.6 is 11.6 Å². The Hall–Kier alpha value is -0.430. The third-order valence-electron chi connectivity index (χ3n) is 1.47. The fraction of sp³-hybridized carbons (Fsp3) is 0.500. The second-order valence-electron chi connectivity index (χ2n) is 2.33. The highest BCUT2D eigenvalue weighted by atomic mass is 35.5. The van der Waals surface area contributed by atoms with E-state index in [4.69, 9.17) is 16.0 Å². The van der Waals surface area contributed by atoms with Crippen molar-refractivity contribution in [1.29, 1.82) is 0 Å². The minimum absolute atomic E-state index is 0.0136. The molecule has 0 aliphatic carbocycles. The highest BCUT2D eigenvalue weighted by molar-refractivity contribution is 6.20. The van der Waals surface area contributed by atoms with Crippen LogP contribution in [0.5, 0.6) is 0 Å². The summed E-state index contributed by atoms with van der Waals surface area (Å²) in [5.74, 6) is 0.860. The number of aryl methyl sites for hydroxylation is 1. The first-order valence-electron chi connectivity index (χ1n) is 3.45. The topological polar surface area (TPSA) is 13.1 Å². The van der Waals surface area contributed by atoms with Gasteiger partial charge in [0.1, 0.15) is 5.76 Å². The molecule has 0 aromatic carbocycles. The van der Waals surface area contributed by atoms with Crippen molar-refractivity contribution in [3.05, 3.63) is 23.7 Å². The molecule has 0 bridgehead atoms. The minimum Gasteiger partial charge on any atom is -0.468 e. The maximum Gasteiger partial charge on any atom is 0.121 e. The predicted octanol–water partition coefficient (Wildman–Crippen LogP) is 3.14. The van der Waals surface area contributed by atoms with Gasteiger partial charge in [0, 0.05) is 0 Å². The van der Waals surface area contributed by atoms with Crippen LogP contribution < -0.4 is 0 Å². The van der Waals surface area contributed by atoms with Crippen molar-refractivity contribution in [3.8, 4) is 0 Å². The van der Waals surface area contributed by atoms with Crippen LogP contribution in [0, 0.1) is 0 Å². The Kier molecular flexibility index (Phi) is 2.39. The summed E-state index contributed by atoms with van der Waals surface area (Å²) in [4.78, 5) is 0. The first-order valence-corrected chi connectivity index (χ1v) is 3.89. The van der Waals surface area contributed by atoms with Gasteiger partial charge in [0.25, 0.3) is 0 Å². The number of furan rings is 1. The van der Waals surface area contributed by atoms with Gasteiger partial charge in [-0.15, -0.1) is 11.6 Å². The summed E-state index contributed by atoms with van der Waals surface area (Å²) in [6.45, 7) is 3.99. The molecule has 1 unspecified atom stereocenters. The van der Waals surface area contributed by atoms with Crippen molar-refractivity contribution in [1.82, 2.24) is 0 Å². The van der Waals surface area contributed by atoms with Crippen molar-refractivity contribution in [3.63, 3.8) is 0 Å². The normalized spacial score (nSPS) is 13.5. The van der Waals surface area contributed by atoms with Crippen LogP contribution in [0.1, 0.15) is 30.5 Å². The molecule has 2 heteroatoms. The van der Waals surface area contributed by atoms with Crippen LogP contribution in [0.2, 0.25) is 0 Å². The average molecular weight is 159 g/mol. The summed E-state index contributed by atoms with van der Waals surface area (Å²) in [6, 6.07) is 2.00. The van der Waals surface area contributed by atoms with Gasteiger partial charge in [-0.2, -0.15) is 0 Å². The maximum absolute atomic E-state index is 5.78. The second-order valence-corrected chi connectivity index (χ2v) is 2.98. The number of hydrogen-bond acceptors (Lipinski definition) is 1. The molecule has 0 spiro atoms. The van der Waals surface area contributed by atoms with E-state index in [0.29, 0.717) is 0 Å². The van der Waals surface area contributed by atoms with E-state index in [1.165, 1.54) is 5.56 Å². The zero-order chi connectivity index (χ0) is 7.56. The highest BCUT2D eigenvalue weighted by Gasteiger charge is 2.05. The molecule has 0 amide bonds. The van der Waals surface area contributed by atoms with Gasteiger partial charge in [-0.3, -0.25) is 0 Å². The summed E-state index contributed by atoms with van der Waals surface area (Å²) >= 11 is 5.78. The molecule has 0 aliphatic heterocycles. The smallest absolute Gasteiger partial charge is 0.121 e. The van der Waals surface area contributed by atoms with Crippen LogP contribution in [0.3, 0.4) is 0 Å². The number of rotatable bonds is 2. The Morgan fingerprint density at radius 1 is 1.70 bits per heavy atom. The summed E-state index contributed by atoms with van der Waals surface area (Å²) in [6.07, 6.45) is 2.77. The highest BCUT2D eigenvalue weighted by Crippen LogP contribution is 2.21. The minimum atomic E-state index is -0.0136. The monoisotopic (exact) mass is 158 g/mol. The molecule has 1 atom stereocenters. The Balaban J connectivity index is 2.78. The van der Waals surface area contributed by atoms with E-state index in [2.05, 4.69) is 6.92 Å². The molecule has 0 N–H and O–H groups in total. The molecular formula is C8H11ClO. The third kappa shape index (κ3) is 1.54. The zero-order valence-electron chi connectivity index (χ0n) is 6.23. The molecular weight excluding hydrogens is 148 g/mol. The molecule has 1 nitrogen and oxygen atoms in total. The zero-order valence-corrected chi connectivity index (χ0v) is 6.98. The van der Waals surface area contributed by atoms with Crippen LogP contribution in [0.15, 0.2) is 16.7 Å². The van der Waals surface area contributed by atoms with Gasteiger partial charge in [-0.1, -0.05) is 6.92 Å². The first-order chi connectivity index (χ1) is 4.74. The maximum atomic E-state index is 5.78. The van der Waals surface area contributed by atoms with Crippen molar-refractivity contribution in [2.45, 2.75) is 25.6 Å². The number of halogens is 1. The third-order valence-corrected chi connectivity index (χ3v) is 1.69. The van der Waals surface area contributed by atoms with E-state index >= 15 is 0 Å². The number of alkyl halides is 1. The lowest BCUT2D eigenvalue weighted by molar-refractivity contribution is 0.509.